The molecule has 0 unspecified atom stereocenters. The molecule has 1 fully saturated rings. The maximum atomic E-state index is 11.9. The molecule has 0 spiro atoms. The molecule has 2 heterocycles. The van der Waals surface area contributed by atoms with Gasteiger partial charge in [0, 0.05) is 0 Å². The zero-order chi connectivity index (χ0) is 17.3. The lowest BCUT2D eigenvalue weighted by atomic mass is 9.83. The first-order valence-corrected chi connectivity index (χ1v) is 9.30. The number of fused-ring (bicyclic) bond motifs is 1. The molecule has 0 aliphatic heterocycles. The number of esters is 1. The van der Waals surface area contributed by atoms with Gasteiger partial charge >= 0.3 is 5.97 Å². The SMILES string of the molecule is COC(=O)c1sc2nc(C)nc(OCC3CCC(C)CC3)c2c1C. The maximum absolute atomic E-state index is 11.9. The number of thiophene rings is 1. The van der Waals surface area contributed by atoms with Crippen LogP contribution in [0.2, 0.25) is 0 Å². The Labute approximate surface area is 146 Å². The number of carbonyl (C=O) groups excluding carboxylic acids is 1. The summed E-state index contributed by atoms with van der Waals surface area (Å²) >= 11 is 1.34. The van der Waals surface area contributed by atoms with E-state index in [-0.39, 0.29) is 5.97 Å². The lowest BCUT2D eigenvalue weighted by molar-refractivity contribution is 0.0605. The highest BCUT2D eigenvalue weighted by atomic mass is 32.1. The molecule has 0 amide bonds. The van der Waals surface area contributed by atoms with Crippen LogP contribution in [0.25, 0.3) is 10.2 Å². The smallest absolute Gasteiger partial charge is 0.348 e. The Morgan fingerprint density at radius 3 is 2.58 bits per heavy atom. The summed E-state index contributed by atoms with van der Waals surface area (Å²) in [4.78, 5) is 22.2. The van der Waals surface area contributed by atoms with Crippen LogP contribution in [0.3, 0.4) is 0 Å². The van der Waals surface area contributed by atoms with Crippen LogP contribution in [0.15, 0.2) is 0 Å². The van der Waals surface area contributed by atoms with Crippen LogP contribution in [0.5, 0.6) is 5.88 Å². The summed E-state index contributed by atoms with van der Waals surface area (Å²) in [5, 5.41) is 0.843. The van der Waals surface area contributed by atoms with Gasteiger partial charge in [-0.25, -0.2) is 9.78 Å². The van der Waals surface area contributed by atoms with Gasteiger partial charge in [-0.05, 0) is 44.1 Å². The lowest BCUT2D eigenvalue weighted by Gasteiger charge is -2.25. The Morgan fingerprint density at radius 1 is 1.21 bits per heavy atom. The molecule has 0 aromatic carbocycles. The summed E-state index contributed by atoms with van der Waals surface area (Å²) in [6, 6.07) is 0. The number of ether oxygens (including phenoxy) is 2. The first kappa shape index (κ1) is 17.1. The predicted molar refractivity (Wildman–Crippen MR) is 94.8 cm³/mol. The van der Waals surface area contributed by atoms with E-state index in [1.807, 2.05) is 13.8 Å². The standard InChI is InChI=1S/C18H24N2O3S/c1-10-5-7-13(8-6-10)9-23-16-14-11(2)15(18(21)22-4)24-17(14)20-12(3)19-16/h10,13H,5-9H2,1-4H3. The Balaban J connectivity index is 1.86. The molecule has 2 aromatic rings. The minimum absolute atomic E-state index is 0.333. The second-order valence-corrected chi connectivity index (χ2v) is 7.74. The van der Waals surface area contributed by atoms with Crippen molar-refractivity contribution in [3.05, 3.63) is 16.3 Å². The zero-order valence-electron chi connectivity index (χ0n) is 14.7. The minimum atomic E-state index is -0.333. The van der Waals surface area contributed by atoms with Crippen LogP contribution < -0.4 is 4.74 Å². The van der Waals surface area contributed by atoms with Gasteiger partial charge in [-0.1, -0.05) is 19.8 Å². The molecule has 130 valence electrons. The number of aromatic nitrogens is 2. The first-order chi connectivity index (χ1) is 11.5. The number of aryl methyl sites for hydroxylation is 2. The van der Waals surface area contributed by atoms with Crippen LogP contribution in [0.1, 0.15) is 53.7 Å². The fourth-order valence-corrected chi connectivity index (χ4v) is 4.42. The van der Waals surface area contributed by atoms with Crippen molar-refractivity contribution in [2.24, 2.45) is 11.8 Å². The molecule has 0 N–H and O–H groups in total. The summed E-state index contributed by atoms with van der Waals surface area (Å²) in [6.45, 7) is 6.75. The van der Waals surface area contributed by atoms with Crippen molar-refractivity contribution < 1.29 is 14.3 Å². The fourth-order valence-electron chi connectivity index (χ4n) is 3.29. The van der Waals surface area contributed by atoms with Crippen LogP contribution in [-0.4, -0.2) is 29.7 Å². The van der Waals surface area contributed by atoms with E-state index in [0.717, 1.165) is 21.7 Å². The van der Waals surface area contributed by atoms with E-state index in [1.54, 1.807) is 0 Å². The highest BCUT2D eigenvalue weighted by molar-refractivity contribution is 7.20. The van der Waals surface area contributed by atoms with E-state index < -0.39 is 0 Å². The maximum Gasteiger partial charge on any atom is 0.348 e. The van der Waals surface area contributed by atoms with Crippen molar-refractivity contribution in [1.82, 2.24) is 9.97 Å². The molecule has 1 aliphatic carbocycles. The highest BCUT2D eigenvalue weighted by Crippen LogP contribution is 2.36. The third-order valence-electron chi connectivity index (χ3n) is 4.83. The van der Waals surface area contributed by atoms with Gasteiger partial charge in [0.05, 0.1) is 19.1 Å². The van der Waals surface area contributed by atoms with Crippen molar-refractivity contribution in [2.45, 2.75) is 46.5 Å². The molecule has 5 nitrogen and oxygen atoms in total. The molecule has 1 aliphatic rings. The lowest BCUT2D eigenvalue weighted by Crippen LogP contribution is -2.19. The van der Waals surface area contributed by atoms with E-state index in [0.29, 0.717) is 29.1 Å². The second-order valence-electron chi connectivity index (χ2n) is 6.74. The van der Waals surface area contributed by atoms with Gasteiger partial charge in [0.15, 0.2) is 0 Å². The molecule has 3 rings (SSSR count). The molecular formula is C18H24N2O3S. The number of rotatable bonds is 4. The first-order valence-electron chi connectivity index (χ1n) is 8.48. The predicted octanol–water partition coefficient (Wildman–Crippen LogP) is 4.30. The Bertz CT molecular complexity index is 748. The summed E-state index contributed by atoms with van der Waals surface area (Å²) in [7, 11) is 1.39. The van der Waals surface area contributed by atoms with Crippen molar-refractivity contribution in [3.63, 3.8) is 0 Å². The van der Waals surface area contributed by atoms with Gasteiger partial charge in [-0.2, -0.15) is 4.98 Å². The number of hydrogen-bond acceptors (Lipinski definition) is 6. The van der Waals surface area contributed by atoms with E-state index in [9.17, 15) is 4.79 Å². The summed E-state index contributed by atoms with van der Waals surface area (Å²) in [6.07, 6.45) is 4.97. The van der Waals surface area contributed by atoms with E-state index in [2.05, 4.69) is 16.9 Å². The third-order valence-corrected chi connectivity index (χ3v) is 6.00. The Hall–Kier alpha value is -1.69. The molecule has 1 saturated carbocycles. The van der Waals surface area contributed by atoms with Crippen molar-refractivity contribution in [2.75, 3.05) is 13.7 Å². The number of carbonyl (C=O) groups is 1. The van der Waals surface area contributed by atoms with Gasteiger partial charge in [0.25, 0.3) is 0 Å². The largest absolute Gasteiger partial charge is 0.477 e. The quantitative estimate of drug-likeness (QED) is 0.771. The number of nitrogens with zero attached hydrogens (tertiary/aromatic N) is 2. The summed E-state index contributed by atoms with van der Waals surface area (Å²) in [5.41, 5.74) is 0.842. The third kappa shape index (κ3) is 3.38. The highest BCUT2D eigenvalue weighted by Gasteiger charge is 2.23. The van der Waals surface area contributed by atoms with Gasteiger partial charge in [-0.15, -0.1) is 11.3 Å². The van der Waals surface area contributed by atoms with Crippen molar-refractivity contribution in [3.8, 4) is 5.88 Å². The average Bonchev–Trinajstić information content (AvgIpc) is 2.90. The van der Waals surface area contributed by atoms with Crippen LogP contribution in [0, 0.1) is 25.7 Å². The molecule has 0 atom stereocenters. The topological polar surface area (TPSA) is 61.3 Å². The fraction of sp³-hybridized carbons (Fsp3) is 0.611. The average molecular weight is 348 g/mol. The number of hydrogen-bond donors (Lipinski definition) is 0. The van der Waals surface area contributed by atoms with Gasteiger partial charge in [-0.3, -0.25) is 0 Å². The molecule has 24 heavy (non-hydrogen) atoms. The second kappa shape index (κ2) is 7.05. The van der Waals surface area contributed by atoms with E-state index in [4.69, 9.17) is 9.47 Å². The van der Waals surface area contributed by atoms with Gasteiger partial charge in [0.2, 0.25) is 5.88 Å². The molecule has 2 aromatic heterocycles. The molecular weight excluding hydrogens is 324 g/mol. The summed E-state index contributed by atoms with van der Waals surface area (Å²) < 4.78 is 11.0. The Morgan fingerprint density at radius 2 is 1.92 bits per heavy atom. The minimum Gasteiger partial charge on any atom is -0.477 e. The normalized spacial score (nSPS) is 21.0. The number of methoxy groups -OCH3 is 1. The van der Waals surface area contributed by atoms with Crippen LogP contribution >= 0.6 is 11.3 Å². The van der Waals surface area contributed by atoms with E-state index in [1.165, 1.54) is 44.1 Å². The van der Waals surface area contributed by atoms with E-state index >= 15 is 0 Å². The molecule has 0 saturated heterocycles. The molecule has 0 radical (unpaired) electrons. The molecule has 6 heteroatoms. The molecule has 0 bridgehead atoms. The van der Waals surface area contributed by atoms with Crippen LogP contribution in [0.4, 0.5) is 0 Å². The van der Waals surface area contributed by atoms with Gasteiger partial charge < -0.3 is 9.47 Å². The monoisotopic (exact) mass is 348 g/mol. The van der Waals surface area contributed by atoms with Crippen molar-refractivity contribution in [1.29, 1.82) is 0 Å². The van der Waals surface area contributed by atoms with Crippen LogP contribution in [-0.2, 0) is 4.74 Å². The Kier molecular flexibility index (Phi) is 5.04. The van der Waals surface area contributed by atoms with Crippen molar-refractivity contribution >= 4 is 27.5 Å². The summed E-state index contributed by atoms with van der Waals surface area (Å²) in [5.74, 6) is 2.34. The van der Waals surface area contributed by atoms with Gasteiger partial charge in [0.1, 0.15) is 15.5 Å². The zero-order valence-corrected chi connectivity index (χ0v) is 15.5.